The van der Waals surface area contributed by atoms with Crippen LogP contribution in [0.1, 0.15) is 27.0 Å². The lowest BCUT2D eigenvalue weighted by Crippen LogP contribution is -2.43. The van der Waals surface area contributed by atoms with E-state index in [1.54, 1.807) is 42.1 Å². The van der Waals surface area contributed by atoms with Gasteiger partial charge in [0.2, 0.25) is 0 Å². The molecule has 11 heteroatoms. The zero-order chi connectivity index (χ0) is 33.3. The van der Waals surface area contributed by atoms with Crippen molar-refractivity contribution in [2.45, 2.75) is 19.6 Å². The SMILES string of the molecule is Cc1ccc(NC(=O)c2cccc(C(F)(F)F)c2)cc1-c1cc2cnc(Nc3cccc(CN4CCN(C)CC4)c3)cc2n(C)c1=O. The minimum absolute atomic E-state index is 0.124. The van der Waals surface area contributed by atoms with E-state index in [4.69, 9.17) is 0 Å². The lowest BCUT2D eigenvalue weighted by molar-refractivity contribution is -0.137. The average molecular weight is 641 g/mol. The highest BCUT2D eigenvalue weighted by Gasteiger charge is 2.31. The number of hydrogen-bond donors (Lipinski definition) is 2. The number of pyridine rings is 2. The maximum absolute atomic E-state index is 13.7. The van der Waals surface area contributed by atoms with Crippen LogP contribution in [0.2, 0.25) is 0 Å². The van der Waals surface area contributed by atoms with Gasteiger partial charge in [0.25, 0.3) is 11.5 Å². The molecule has 0 bridgehead atoms. The number of rotatable bonds is 7. The minimum atomic E-state index is -4.56. The van der Waals surface area contributed by atoms with E-state index < -0.39 is 17.6 Å². The highest BCUT2D eigenvalue weighted by atomic mass is 19.4. The molecule has 1 aliphatic heterocycles. The summed E-state index contributed by atoms with van der Waals surface area (Å²) in [4.78, 5) is 35.9. The van der Waals surface area contributed by atoms with Gasteiger partial charge >= 0.3 is 6.18 Å². The van der Waals surface area contributed by atoms with Crippen molar-refractivity contribution in [3.8, 4) is 11.1 Å². The van der Waals surface area contributed by atoms with Gasteiger partial charge in [-0.3, -0.25) is 14.5 Å². The summed E-state index contributed by atoms with van der Waals surface area (Å²) < 4.78 is 41.1. The summed E-state index contributed by atoms with van der Waals surface area (Å²) >= 11 is 0. The number of nitrogens with zero attached hydrogens (tertiary/aromatic N) is 4. The first-order valence-corrected chi connectivity index (χ1v) is 15.3. The minimum Gasteiger partial charge on any atom is -0.340 e. The van der Waals surface area contributed by atoms with E-state index in [0.717, 1.165) is 61.5 Å². The van der Waals surface area contributed by atoms with E-state index in [-0.39, 0.29) is 11.1 Å². The zero-order valence-electron chi connectivity index (χ0n) is 26.4. The molecule has 3 heterocycles. The number of anilines is 3. The van der Waals surface area contributed by atoms with Gasteiger partial charge in [-0.15, -0.1) is 0 Å². The molecule has 0 spiro atoms. The van der Waals surface area contributed by atoms with Gasteiger partial charge in [0.05, 0.1) is 11.1 Å². The summed E-state index contributed by atoms with van der Waals surface area (Å²) in [5.74, 6) is -0.0844. The second kappa shape index (κ2) is 13.0. The summed E-state index contributed by atoms with van der Waals surface area (Å²) in [6.45, 7) is 6.92. The number of aromatic nitrogens is 2. The first-order chi connectivity index (χ1) is 22.4. The molecule has 242 valence electrons. The summed E-state index contributed by atoms with van der Waals surface area (Å²) in [5, 5.41) is 6.79. The van der Waals surface area contributed by atoms with Crippen LogP contribution in [0.5, 0.6) is 0 Å². The lowest BCUT2D eigenvalue weighted by Gasteiger charge is -2.32. The number of carbonyl (C=O) groups excluding carboxylic acids is 1. The third-order valence-corrected chi connectivity index (χ3v) is 8.55. The molecule has 0 aliphatic carbocycles. The van der Waals surface area contributed by atoms with E-state index in [0.29, 0.717) is 28.1 Å². The molecule has 3 aromatic carbocycles. The molecule has 0 atom stereocenters. The Morgan fingerprint density at radius 1 is 0.872 bits per heavy atom. The Balaban J connectivity index is 1.23. The molecule has 5 aromatic rings. The normalized spacial score (nSPS) is 14.3. The third-order valence-electron chi connectivity index (χ3n) is 8.55. The maximum Gasteiger partial charge on any atom is 0.416 e. The van der Waals surface area contributed by atoms with Crippen molar-refractivity contribution >= 4 is 34.0 Å². The van der Waals surface area contributed by atoms with Gasteiger partial charge in [0.1, 0.15) is 5.82 Å². The van der Waals surface area contributed by atoms with Crippen molar-refractivity contribution in [2.24, 2.45) is 7.05 Å². The van der Waals surface area contributed by atoms with Gasteiger partial charge in [-0.25, -0.2) is 4.98 Å². The average Bonchev–Trinajstić information content (AvgIpc) is 3.05. The molecule has 1 aliphatic rings. The Bertz CT molecular complexity index is 2020. The molecule has 47 heavy (non-hydrogen) atoms. The van der Waals surface area contributed by atoms with E-state index >= 15 is 0 Å². The number of benzene rings is 3. The van der Waals surface area contributed by atoms with Crippen LogP contribution in [0.15, 0.2) is 89.9 Å². The second-order valence-electron chi connectivity index (χ2n) is 12.0. The van der Waals surface area contributed by atoms with Crippen LogP contribution in [0.4, 0.5) is 30.4 Å². The van der Waals surface area contributed by atoms with Crippen LogP contribution < -0.4 is 16.2 Å². The van der Waals surface area contributed by atoms with Crippen LogP contribution in [0.3, 0.4) is 0 Å². The number of halogens is 3. The number of fused-ring (bicyclic) bond motifs is 1. The number of alkyl halides is 3. The zero-order valence-corrected chi connectivity index (χ0v) is 26.4. The van der Waals surface area contributed by atoms with Gasteiger partial charge in [-0.1, -0.05) is 24.3 Å². The molecular weight excluding hydrogens is 605 g/mol. The molecule has 0 radical (unpaired) electrons. The summed E-state index contributed by atoms with van der Waals surface area (Å²) in [7, 11) is 3.84. The summed E-state index contributed by atoms with van der Waals surface area (Å²) in [6, 6.07) is 21.2. The molecule has 2 N–H and O–H groups in total. The number of hydrogen-bond acceptors (Lipinski definition) is 6. The number of likely N-dealkylation sites (N-methyl/N-ethyl adjacent to an activating group) is 1. The number of carbonyl (C=O) groups is 1. The highest BCUT2D eigenvalue weighted by Crippen LogP contribution is 2.31. The lowest BCUT2D eigenvalue weighted by atomic mass is 9.99. The fraction of sp³-hybridized carbons (Fsp3) is 0.250. The van der Waals surface area contributed by atoms with Crippen LogP contribution in [-0.2, 0) is 19.8 Å². The Kier molecular flexibility index (Phi) is 8.85. The number of amides is 1. The van der Waals surface area contributed by atoms with E-state index in [9.17, 15) is 22.8 Å². The van der Waals surface area contributed by atoms with Crippen molar-refractivity contribution < 1.29 is 18.0 Å². The van der Waals surface area contributed by atoms with Gasteiger partial charge in [0.15, 0.2) is 0 Å². The predicted molar refractivity (Wildman–Crippen MR) is 179 cm³/mol. The molecule has 1 fully saturated rings. The summed E-state index contributed by atoms with van der Waals surface area (Å²) in [6.07, 6.45) is -2.85. The first kappa shape index (κ1) is 32.0. The fourth-order valence-electron chi connectivity index (χ4n) is 5.82. The van der Waals surface area contributed by atoms with Crippen molar-refractivity contribution in [1.82, 2.24) is 19.4 Å². The quantitative estimate of drug-likeness (QED) is 0.207. The van der Waals surface area contributed by atoms with E-state index in [2.05, 4.69) is 44.6 Å². The van der Waals surface area contributed by atoms with E-state index in [1.165, 1.54) is 17.7 Å². The van der Waals surface area contributed by atoms with Crippen LogP contribution >= 0.6 is 0 Å². The van der Waals surface area contributed by atoms with Gasteiger partial charge < -0.3 is 20.1 Å². The maximum atomic E-state index is 13.7. The Hall–Kier alpha value is -5.00. The molecule has 2 aromatic heterocycles. The topological polar surface area (TPSA) is 82.5 Å². The Morgan fingerprint density at radius 3 is 2.40 bits per heavy atom. The number of piperazine rings is 1. The van der Waals surface area contributed by atoms with E-state index in [1.807, 2.05) is 25.1 Å². The van der Waals surface area contributed by atoms with Gasteiger partial charge in [-0.05, 0) is 79.2 Å². The number of aryl methyl sites for hydroxylation is 2. The summed E-state index contributed by atoms with van der Waals surface area (Å²) in [5.41, 5.74) is 3.68. The standard InChI is InChI=1S/C36H35F3N6O2/c1-23-10-11-29(42-34(46)25-7-5-8-27(17-25)36(37,38)39)19-30(23)31-18-26-21-40-33(20-32(26)44(3)35(31)47)41-28-9-4-6-24(16-28)22-45-14-12-43(2)13-15-45/h4-11,16-21H,12-15,22H2,1-3H3,(H,40,41)(H,42,46). The Labute approximate surface area is 270 Å². The number of nitrogens with one attached hydrogen (secondary N) is 2. The third kappa shape index (κ3) is 7.21. The molecule has 0 unspecified atom stereocenters. The van der Waals surface area contributed by atoms with Crippen molar-refractivity contribution in [3.63, 3.8) is 0 Å². The van der Waals surface area contributed by atoms with Crippen LogP contribution in [0.25, 0.3) is 22.0 Å². The van der Waals surface area contributed by atoms with Crippen LogP contribution in [0, 0.1) is 6.92 Å². The molecule has 6 rings (SSSR count). The largest absolute Gasteiger partial charge is 0.416 e. The monoisotopic (exact) mass is 640 g/mol. The molecule has 1 amide bonds. The Morgan fingerprint density at radius 2 is 1.64 bits per heavy atom. The fourth-order valence-corrected chi connectivity index (χ4v) is 5.82. The van der Waals surface area contributed by atoms with Crippen molar-refractivity contribution in [2.75, 3.05) is 43.9 Å². The van der Waals surface area contributed by atoms with Crippen molar-refractivity contribution in [1.29, 1.82) is 0 Å². The molecule has 1 saturated heterocycles. The highest BCUT2D eigenvalue weighted by molar-refractivity contribution is 6.04. The molecular formula is C36H35F3N6O2. The first-order valence-electron chi connectivity index (χ1n) is 15.3. The predicted octanol–water partition coefficient (Wildman–Crippen LogP) is 6.67. The molecule has 8 nitrogen and oxygen atoms in total. The smallest absolute Gasteiger partial charge is 0.340 e. The molecule has 0 saturated carbocycles. The van der Waals surface area contributed by atoms with Gasteiger partial charge in [-0.2, -0.15) is 13.2 Å². The second-order valence-corrected chi connectivity index (χ2v) is 12.0. The van der Waals surface area contributed by atoms with Crippen molar-refractivity contribution in [3.05, 3.63) is 118 Å². The van der Waals surface area contributed by atoms with Crippen LogP contribution in [-0.4, -0.2) is 58.5 Å². The van der Waals surface area contributed by atoms with Gasteiger partial charge in [0, 0.05) is 79.9 Å².